The van der Waals surface area contributed by atoms with Gasteiger partial charge in [0.15, 0.2) is 0 Å². The second-order valence-corrected chi connectivity index (χ2v) is 7.48. The van der Waals surface area contributed by atoms with Crippen LogP contribution >= 0.6 is 0 Å². The fourth-order valence-corrected chi connectivity index (χ4v) is 3.53. The number of benzene rings is 2. The quantitative estimate of drug-likeness (QED) is 0.706. The Morgan fingerprint density at radius 3 is 2.52 bits per heavy atom. The van der Waals surface area contributed by atoms with Crippen molar-refractivity contribution < 1.29 is 9.59 Å². The van der Waals surface area contributed by atoms with Crippen LogP contribution in [0.5, 0.6) is 0 Å². The lowest BCUT2D eigenvalue weighted by Crippen LogP contribution is -2.32. The summed E-state index contributed by atoms with van der Waals surface area (Å²) >= 11 is 0. The molecule has 6 heteroatoms. The van der Waals surface area contributed by atoms with Crippen molar-refractivity contribution >= 4 is 17.5 Å². The van der Waals surface area contributed by atoms with E-state index in [4.69, 9.17) is 0 Å². The Hall–Kier alpha value is -3.41. The van der Waals surface area contributed by atoms with Gasteiger partial charge in [-0.3, -0.25) is 14.3 Å². The fraction of sp³-hybridized carbons (Fsp3) is 0.261. The zero-order valence-electron chi connectivity index (χ0n) is 16.4. The molecule has 2 heterocycles. The molecule has 6 nitrogen and oxygen atoms in total. The van der Waals surface area contributed by atoms with Crippen molar-refractivity contribution in [3.8, 4) is 0 Å². The van der Waals surface area contributed by atoms with Gasteiger partial charge in [-0.05, 0) is 36.2 Å². The maximum Gasteiger partial charge on any atom is 0.227 e. The third-order valence-corrected chi connectivity index (χ3v) is 5.23. The first-order chi connectivity index (χ1) is 14.1. The Morgan fingerprint density at radius 1 is 1.10 bits per heavy atom. The average molecular weight is 388 g/mol. The van der Waals surface area contributed by atoms with E-state index in [2.05, 4.69) is 10.4 Å². The maximum atomic E-state index is 12.6. The minimum absolute atomic E-state index is 0.00280. The number of nitrogens with one attached hydrogen (secondary N) is 1. The van der Waals surface area contributed by atoms with Crippen LogP contribution in [0.15, 0.2) is 67.0 Å². The number of carbonyl (C=O) groups is 2. The highest BCUT2D eigenvalue weighted by atomic mass is 16.2. The Morgan fingerprint density at radius 2 is 1.83 bits per heavy atom. The summed E-state index contributed by atoms with van der Waals surface area (Å²) in [6, 6.07) is 17.8. The summed E-state index contributed by atoms with van der Waals surface area (Å²) in [6.07, 6.45) is 3.94. The summed E-state index contributed by atoms with van der Waals surface area (Å²) < 4.78 is 1.87. The summed E-state index contributed by atoms with van der Waals surface area (Å²) in [5, 5.41) is 7.18. The van der Waals surface area contributed by atoms with E-state index < -0.39 is 0 Å². The zero-order valence-corrected chi connectivity index (χ0v) is 16.4. The van der Waals surface area contributed by atoms with E-state index in [1.807, 2.05) is 72.4 Å². The molecule has 1 N–H and O–H groups in total. The number of hydrogen-bond acceptors (Lipinski definition) is 3. The number of hydrogen-bond donors (Lipinski definition) is 1. The largest absolute Gasteiger partial charge is 0.352 e. The second kappa shape index (κ2) is 8.31. The first kappa shape index (κ1) is 18.9. The van der Waals surface area contributed by atoms with Crippen LogP contribution < -0.4 is 10.2 Å². The van der Waals surface area contributed by atoms with Crippen LogP contribution in [-0.2, 0) is 22.7 Å². The van der Waals surface area contributed by atoms with Crippen LogP contribution in [0.2, 0.25) is 0 Å². The van der Waals surface area contributed by atoms with Crippen LogP contribution in [0.3, 0.4) is 0 Å². The van der Waals surface area contributed by atoms with Gasteiger partial charge < -0.3 is 10.2 Å². The van der Waals surface area contributed by atoms with Crippen LogP contribution in [0.25, 0.3) is 0 Å². The molecule has 29 heavy (non-hydrogen) atoms. The Kier molecular flexibility index (Phi) is 5.42. The van der Waals surface area contributed by atoms with E-state index in [1.165, 1.54) is 0 Å². The Bertz CT molecular complexity index is 979. The molecular weight excluding hydrogens is 364 g/mol. The highest BCUT2D eigenvalue weighted by Gasteiger charge is 2.34. The van der Waals surface area contributed by atoms with Crippen molar-refractivity contribution in [1.82, 2.24) is 15.1 Å². The van der Waals surface area contributed by atoms with E-state index in [0.29, 0.717) is 13.1 Å². The van der Waals surface area contributed by atoms with Gasteiger partial charge in [-0.15, -0.1) is 0 Å². The predicted octanol–water partition coefficient (Wildman–Crippen LogP) is 2.91. The number of anilines is 1. The van der Waals surface area contributed by atoms with Gasteiger partial charge in [0.1, 0.15) is 0 Å². The second-order valence-electron chi connectivity index (χ2n) is 7.48. The van der Waals surface area contributed by atoms with Gasteiger partial charge >= 0.3 is 0 Å². The van der Waals surface area contributed by atoms with E-state index in [-0.39, 0.29) is 24.2 Å². The normalized spacial score (nSPS) is 16.2. The molecule has 2 aromatic carbocycles. The van der Waals surface area contributed by atoms with Crippen molar-refractivity contribution in [2.75, 3.05) is 11.4 Å². The van der Waals surface area contributed by atoms with E-state index in [1.54, 1.807) is 11.1 Å². The minimum Gasteiger partial charge on any atom is -0.352 e. The molecule has 0 unspecified atom stereocenters. The highest BCUT2D eigenvalue weighted by Crippen LogP contribution is 2.25. The molecular formula is C23H24N4O2. The molecule has 0 saturated carbocycles. The molecule has 2 amide bonds. The van der Waals surface area contributed by atoms with Gasteiger partial charge in [0.2, 0.25) is 11.8 Å². The Labute approximate surface area is 170 Å². The van der Waals surface area contributed by atoms with Crippen LogP contribution in [0.1, 0.15) is 23.1 Å². The summed E-state index contributed by atoms with van der Waals surface area (Å²) in [7, 11) is 0. The molecule has 4 rings (SSSR count). The Balaban J connectivity index is 1.30. The standard InChI is InChI=1S/C23H24N4O2/c1-17-3-9-21(10-4-17)27-16-20(13-22(27)28)23(29)24-14-18-5-7-19(8-6-18)15-26-12-2-11-25-26/h2-12,20H,13-16H2,1H3,(H,24,29)/t20-/m0/s1. The number of nitrogens with zero attached hydrogens (tertiary/aromatic N) is 3. The average Bonchev–Trinajstić information content (AvgIpc) is 3.37. The van der Waals surface area contributed by atoms with Crippen molar-refractivity contribution in [3.05, 3.63) is 83.7 Å². The number of rotatable bonds is 6. The van der Waals surface area contributed by atoms with E-state index in [9.17, 15) is 9.59 Å². The van der Waals surface area contributed by atoms with Gasteiger partial charge in [0.05, 0.1) is 12.5 Å². The number of aryl methyl sites for hydroxylation is 1. The maximum absolute atomic E-state index is 12.6. The van der Waals surface area contributed by atoms with Crippen molar-refractivity contribution in [1.29, 1.82) is 0 Å². The zero-order chi connectivity index (χ0) is 20.2. The van der Waals surface area contributed by atoms with Crippen LogP contribution in [0.4, 0.5) is 5.69 Å². The monoisotopic (exact) mass is 388 g/mol. The van der Waals surface area contributed by atoms with Crippen molar-refractivity contribution in [2.45, 2.75) is 26.4 Å². The molecule has 1 aromatic heterocycles. The van der Waals surface area contributed by atoms with Crippen molar-refractivity contribution in [2.24, 2.45) is 5.92 Å². The summed E-state index contributed by atoms with van der Waals surface area (Å²) in [4.78, 5) is 26.6. The molecule has 1 fully saturated rings. The molecule has 1 atom stereocenters. The lowest BCUT2D eigenvalue weighted by Gasteiger charge is -2.17. The van der Waals surface area contributed by atoms with Gasteiger partial charge in [0.25, 0.3) is 0 Å². The molecule has 0 aliphatic carbocycles. The van der Waals surface area contributed by atoms with Crippen molar-refractivity contribution in [3.63, 3.8) is 0 Å². The molecule has 0 bridgehead atoms. The lowest BCUT2D eigenvalue weighted by molar-refractivity contribution is -0.126. The van der Waals surface area contributed by atoms with E-state index >= 15 is 0 Å². The molecule has 1 saturated heterocycles. The number of amides is 2. The third-order valence-electron chi connectivity index (χ3n) is 5.23. The van der Waals surface area contributed by atoms with E-state index in [0.717, 1.165) is 28.9 Å². The highest BCUT2D eigenvalue weighted by molar-refractivity contribution is 6.00. The van der Waals surface area contributed by atoms with Gasteiger partial charge in [-0.2, -0.15) is 5.10 Å². The lowest BCUT2D eigenvalue weighted by atomic mass is 10.1. The van der Waals surface area contributed by atoms with Gasteiger partial charge in [-0.1, -0.05) is 42.0 Å². The first-order valence-corrected chi connectivity index (χ1v) is 9.78. The topological polar surface area (TPSA) is 67.2 Å². The molecule has 0 spiro atoms. The summed E-state index contributed by atoms with van der Waals surface area (Å²) in [6.45, 7) is 3.61. The van der Waals surface area contributed by atoms with Gasteiger partial charge in [-0.25, -0.2) is 0 Å². The molecule has 0 radical (unpaired) electrons. The van der Waals surface area contributed by atoms with Crippen LogP contribution in [0, 0.1) is 12.8 Å². The molecule has 1 aliphatic rings. The third kappa shape index (κ3) is 4.54. The summed E-state index contributed by atoms with van der Waals surface area (Å²) in [5.74, 6) is -0.395. The molecule has 148 valence electrons. The summed E-state index contributed by atoms with van der Waals surface area (Å²) in [5.41, 5.74) is 4.18. The first-order valence-electron chi connectivity index (χ1n) is 9.78. The molecule has 3 aromatic rings. The molecule has 1 aliphatic heterocycles. The van der Waals surface area contributed by atoms with Gasteiger partial charge in [0, 0.05) is 37.6 Å². The minimum atomic E-state index is -0.317. The number of carbonyl (C=O) groups excluding carboxylic acids is 2. The smallest absolute Gasteiger partial charge is 0.227 e. The fourth-order valence-electron chi connectivity index (χ4n) is 3.53. The van der Waals surface area contributed by atoms with Crippen LogP contribution in [-0.4, -0.2) is 28.1 Å². The predicted molar refractivity (Wildman–Crippen MR) is 111 cm³/mol. The SMILES string of the molecule is Cc1ccc(N2C[C@@H](C(=O)NCc3ccc(Cn4cccn4)cc3)CC2=O)cc1. The number of aromatic nitrogens is 2.